The number of hydrogen-bond donors (Lipinski definition) is 3. The van der Waals surface area contributed by atoms with Gasteiger partial charge in [0.25, 0.3) is 11.8 Å². The van der Waals surface area contributed by atoms with Crippen LogP contribution in [0.5, 0.6) is 0 Å². The third kappa shape index (κ3) is 4.76. The van der Waals surface area contributed by atoms with Crippen molar-refractivity contribution in [3.05, 3.63) is 63.4 Å². The van der Waals surface area contributed by atoms with Crippen LogP contribution in [0.4, 0.5) is 11.4 Å². The molecule has 3 N–H and O–H groups in total. The molecule has 2 aromatic rings. The van der Waals surface area contributed by atoms with E-state index in [1.807, 2.05) is 31.2 Å². The van der Waals surface area contributed by atoms with Crippen LogP contribution < -0.4 is 15.5 Å². The molecule has 0 bridgehead atoms. The van der Waals surface area contributed by atoms with Crippen molar-refractivity contribution < 1.29 is 14.7 Å². The number of halogens is 1. The molecule has 4 rings (SSSR count). The smallest absolute Gasteiger partial charge is 0.260 e. The molecule has 162 valence electrons. The quantitative estimate of drug-likeness (QED) is 0.312. The molecule has 0 saturated carbocycles. The Morgan fingerprint density at radius 2 is 1.77 bits per heavy atom. The van der Waals surface area contributed by atoms with Gasteiger partial charge >= 0.3 is 0 Å². The maximum absolute atomic E-state index is 12.4. The van der Waals surface area contributed by atoms with Crippen LogP contribution in [0.1, 0.15) is 22.8 Å². The zero-order chi connectivity index (χ0) is 22.0. The summed E-state index contributed by atoms with van der Waals surface area (Å²) in [6, 6.07) is 13.7. The number of nitrogens with zero attached hydrogens (tertiary/aromatic N) is 2. The Bertz CT molecular complexity index is 1010. The van der Waals surface area contributed by atoms with Crippen LogP contribution in [-0.4, -0.2) is 60.6 Å². The lowest BCUT2D eigenvalue weighted by atomic mass is 9.95. The van der Waals surface area contributed by atoms with Crippen LogP contribution in [-0.2, 0) is 4.79 Å². The summed E-state index contributed by atoms with van der Waals surface area (Å²) in [6.45, 7) is 5.94. The van der Waals surface area contributed by atoms with Crippen molar-refractivity contribution in [3.8, 4) is 0 Å². The topological polar surface area (TPSA) is 84.9 Å². The molecule has 2 aliphatic rings. The first-order valence-corrected chi connectivity index (χ1v) is 11.4. The summed E-state index contributed by atoms with van der Waals surface area (Å²) >= 11 is 2.17. The van der Waals surface area contributed by atoms with Crippen molar-refractivity contribution in [1.82, 2.24) is 10.2 Å². The fourth-order valence-electron chi connectivity index (χ4n) is 3.90. The van der Waals surface area contributed by atoms with E-state index in [1.165, 1.54) is 0 Å². The number of amides is 2. The number of benzene rings is 2. The van der Waals surface area contributed by atoms with Crippen LogP contribution in [0.3, 0.4) is 0 Å². The van der Waals surface area contributed by atoms with E-state index in [1.54, 1.807) is 12.3 Å². The van der Waals surface area contributed by atoms with Gasteiger partial charge in [-0.1, -0.05) is 0 Å². The summed E-state index contributed by atoms with van der Waals surface area (Å²) in [6.07, 6.45) is 1.65. The lowest BCUT2D eigenvalue weighted by Gasteiger charge is -2.38. The Balaban J connectivity index is 1.45. The molecule has 1 saturated heterocycles. The fraction of sp³-hybridized carbons (Fsp3) is 0.304. The molecule has 2 amide bonds. The number of anilines is 2. The number of rotatable bonds is 5. The van der Waals surface area contributed by atoms with Gasteiger partial charge in [-0.05, 0) is 72.0 Å². The molecule has 2 heterocycles. The molecule has 0 aliphatic carbocycles. The van der Waals surface area contributed by atoms with Gasteiger partial charge in [-0.3, -0.25) is 19.8 Å². The normalized spacial score (nSPS) is 19.2. The molecule has 0 radical (unpaired) electrons. The van der Waals surface area contributed by atoms with Crippen molar-refractivity contribution >= 4 is 51.4 Å². The fourth-order valence-corrected chi connectivity index (χ4v) is 4.39. The van der Waals surface area contributed by atoms with Crippen LogP contribution in [0.2, 0.25) is 0 Å². The van der Waals surface area contributed by atoms with Gasteiger partial charge in [0.05, 0.1) is 12.2 Å². The zero-order valence-electron chi connectivity index (χ0n) is 17.3. The summed E-state index contributed by atoms with van der Waals surface area (Å²) in [5.41, 5.74) is 3.58. The van der Waals surface area contributed by atoms with E-state index in [0.717, 1.165) is 41.1 Å². The maximum Gasteiger partial charge on any atom is 0.260 e. The summed E-state index contributed by atoms with van der Waals surface area (Å²) in [5.74, 6) is -0.773. The summed E-state index contributed by atoms with van der Waals surface area (Å²) < 4.78 is 0.961. The van der Waals surface area contributed by atoms with E-state index < -0.39 is 5.91 Å². The Morgan fingerprint density at radius 1 is 1.06 bits per heavy atom. The van der Waals surface area contributed by atoms with Crippen LogP contribution >= 0.6 is 22.6 Å². The molecule has 7 nitrogen and oxygen atoms in total. The molecule has 1 fully saturated rings. The highest BCUT2D eigenvalue weighted by atomic mass is 127. The average molecular weight is 532 g/mol. The lowest BCUT2D eigenvalue weighted by Crippen LogP contribution is -2.50. The van der Waals surface area contributed by atoms with Gasteiger partial charge in [0.1, 0.15) is 0 Å². The van der Waals surface area contributed by atoms with Crippen molar-refractivity contribution in [3.63, 3.8) is 0 Å². The second-order valence-corrected chi connectivity index (χ2v) is 9.02. The Morgan fingerprint density at radius 3 is 2.45 bits per heavy atom. The standard InChI is InChI=1S/C23H25IN4O3/c1-15(14-29)27-8-10-28(11-9-27)18-5-3-17(4-6-18)25-13-21-20-12-16(24)2-7-19(20)22(30)26-23(21)31/h2-7,12-13,15,25,29H,8-11,14H2,1H3,(H,26,30,31). The van der Waals surface area contributed by atoms with Gasteiger partial charge < -0.3 is 15.3 Å². The minimum atomic E-state index is -0.404. The summed E-state index contributed by atoms with van der Waals surface area (Å²) in [5, 5.41) is 14.9. The van der Waals surface area contributed by atoms with Crippen LogP contribution in [0, 0.1) is 3.57 Å². The molecule has 8 heteroatoms. The third-order valence-electron chi connectivity index (χ3n) is 5.81. The van der Waals surface area contributed by atoms with Gasteiger partial charge in [0.2, 0.25) is 0 Å². The first-order chi connectivity index (χ1) is 15.0. The maximum atomic E-state index is 12.4. The molecule has 1 unspecified atom stereocenters. The molecule has 1 atom stereocenters. The number of fused-ring (bicyclic) bond motifs is 1. The second-order valence-electron chi connectivity index (χ2n) is 7.78. The van der Waals surface area contributed by atoms with Crippen LogP contribution in [0.25, 0.3) is 5.57 Å². The van der Waals surface area contributed by atoms with Gasteiger partial charge in [0.15, 0.2) is 0 Å². The van der Waals surface area contributed by atoms with E-state index >= 15 is 0 Å². The minimum Gasteiger partial charge on any atom is -0.395 e. The average Bonchev–Trinajstić information content (AvgIpc) is 2.78. The molecule has 0 aromatic heterocycles. The SMILES string of the molecule is CC(CO)N1CCN(c2ccc(NC=C3C(=O)NC(=O)c4ccc(I)cc43)cc2)CC1. The van der Waals surface area contributed by atoms with E-state index in [0.29, 0.717) is 16.7 Å². The first kappa shape index (κ1) is 21.8. The number of hydrogen-bond acceptors (Lipinski definition) is 6. The van der Waals surface area contributed by atoms with E-state index in [9.17, 15) is 14.7 Å². The highest BCUT2D eigenvalue weighted by Crippen LogP contribution is 2.27. The number of carbonyl (C=O) groups excluding carboxylic acids is 2. The van der Waals surface area contributed by atoms with Gasteiger partial charge in [-0.15, -0.1) is 0 Å². The minimum absolute atomic E-state index is 0.186. The largest absolute Gasteiger partial charge is 0.395 e. The molecule has 2 aromatic carbocycles. The van der Waals surface area contributed by atoms with E-state index in [2.05, 4.69) is 55.2 Å². The number of nitrogens with one attached hydrogen (secondary N) is 2. The molecule has 0 spiro atoms. The molecule has 2 aliphatic heterocycles. The van der Waals surface area contributed by atoms with E-state index in [4.69, 9.17) is 0 Å². The van der Waals surface area contributed by atoms with Gasteiger partial charge in [-0.2, -0.15) is 0 Å². The van der Waals surface area contributed by atoms with Crippen LogP contribution in [0.15, 0.2) is 48.7 Å². The predicted octanol–water partition coefficient (Wildman–Crippen LogP) is 2.52. The Hall–Kier alpha value is -2.43. The summed E-state index contributed by atoms with van der Waals surface area (Å²) in [7, 11) is 0. The Kier molecular flexibility index (Phi) is 6.59. The second kappa shape index (κ2) is 9.37. The zero-order valence-corrected chi connectivity index (χ0v) is 19.4. The number of aliphatic hydroxyl groups is 1. The van der Waals surface area contributed by atoms with E-state index in [-0.39, 0.29) is 18.6 Å². The monoisotopic (exact) mass is 532 g/mol. The number of carbonyl (C=O) groups is 2. The highest BCUT2D eigenvalue weighted by Gasteiger charge is 2.27. The van der Waals surface area contributed by atoms with Crippen molar-refractivity contribution in [2.75, 3.05) is 43.0 Å². The van der Waals surface area contributed by atoms with Gasteiger partial charge in [0, 0.05) is 64.5 Å². The Labute approximate surface area is 195 Å². The van der Waals surface area contributed by atoms with Crippen molar-refractivity contribution in [1.29, 1.82) is 0 Å². The van der Waals surface area contributed by atoms with Gasteiger partial charge in [-0.25, -0.2) is 0 Å². The highest BCUT2D eigenvalue weighted by molar-refractivity contribution is 14.1. The van der Waals surface area contributed by atoms with Crippen molar-refractivity contribution in [2.24, 2.45) is 0 Å². The van der Waals surface area contributed by atoms with Crippen molar-refractivity contribution in [2.45, 2.75) is 13.0 Å². The number of aliphatic hydroxyl groups excluding tert-OH is 1. The molecule has 31 heavy (non-hydrogen) atoms. The first-order valence-electron chi connectivity index (χ1n) is 10.3. The molecular weight excluding hydrogens is 507 g/mol. The lowest BCUT2D eigenvalue weighted by molar-refractivity contribution is -0.114. The number of piperazine rings is 1. The predicted molar refractivity (Wildman–Crippen MR) is 130 cm³/mol. The summed E-state index contributed by atoms with van der Waals surface area (Å²) in [4.78, 5) is 29.1. The molecular formula is C23H25IN4O3. The number of imide groups is 1. The third-order valence-corrected chi connectivity index (χ3v) is 6.48.